The van der Waals surface area contributed by atoms with E-state index in [0.29, 0.717) is 12.9 Å². The van der Waals surface area contributed by atoms with Gasteiger partial charge in [-0.3, -0.25) is 4.79 Å². The number of ether oxygens (including phenoxy) is 1. The molecule has 1 atom stereocenters. The highest BCUT2D eigenvalue weighted by atomic mass is 32.2. The number of thioether (sulfide) groups is 1. The van der Waals surface area contributed by atoms with Crippen LogP contribution in [-0.2, 0) is 4.79 Å². The van der Waals surface area contributed by atoms with Crippen LogP contribution in [-0.4, -0.2) is 23.4 Å². The van der Waals surface area contributed by atoms with E-state index >= 15 is 0 Å². The summed E-state index contributed by atoms with van der Waals surface area (Å²) in [5.41, 5.74) is 6.96. The smallest absolute Gasteiger partial charge is 0.277 e. The third-order valence-corrected chi connectivity index (χ3v) is 3.33. The molecule has 0 spiro atoms. The second-order valence-electron chi connectivity index (χ2n) is 4.26. The molecule has 0 bridgehead atoms. The van der Waals surface area contributed by atoms with E-state index in [-0.39, 0.29) is 0 Å². The van der Waals surface area contributed by atoms with Gasteiger partial charge in [0, 0.05) is 0 Å². The molecule has 5 heteroatoms. The van der Waals surface area contributed by atoms with Crippen molar-refractivity contribution in [1.29, 1.82) is 0 Å². The molecule has 1 amide bonds. The molecular formula is C15H19NO3S. The fraction of sp³-hybridized carbons (Fsp3) is 0.333. The summed E-state index contributed by atoms with van der Waals surface area (Å²) in [5.74, 6) is 0.821. The van der Waals surface area contributed by atoms with Crippen molar-refractivity contribution in [2.75, 3.05) is 6.61 Å². The van der Waals surface area contributed by atoms with Crippen molar-refractivity contribution < 1.29 is 14.3 Å². The monoisotopic (exact) mass is 293 g/mol. The number of carbonyl (C=O) groups is 2. The van der Waals surface area contributed by atoms with E-state index in [1.165, 1.54) is 0 Å². The lowest BCUT2D eigenvalue weighted by atomic mass is 10.1. The van der Waals surface area contributed by atoms with Crippen molar-refractivity contribution in [3.63, 3.8) is 0 Å². The minimum Gasteiger partial charge on any atom is -0.494 e. The average Bonchev–Trinajstić information content (AvgIpc) is 2.44. The predicted octanol–water partition coefficient (Wildman–Crippen LogP) is 3.26. The Morgan fingerprint density at radius 3 is 2.55 bits per heavy atom. The molecule has 1 rings (SSSR count). The van der Waals surface area contributed by atoms with Gasteiger partial charge in [0.15, 0.2) is 0 Å². The standard InChI is InChI=1S/C15H19NO3S/c1-3-8-19-13-6-4-12(5-7-13)11(2)9-14(10-17)20-15(16)18/h4-7,9-10,14H,3,8H2,1-2H3,(H2,16,18). The highest BCUT2D eigenvalue weighted by Crippen LogP contribution is 2.21. The van der Waals surface area contributed by atoms with Gasteiger partial charge in [0.2, 0.25) is 0 Å². The zero-order valence-electron chi connectivity index (χ0n) is 11.7. The van der Waals surface area contributed by atoms with Crippen molar-refractivity contribution in [2.45, 2.75) is 25.5 Å². The average molecular weight is 293 g/mol. The molecule has 1 aromatic carbocycles. The van der Waals surface area contributed by atoms with E-state index in [1.807, 2.05) is 31.2 Å². The number of allylic oxidation sites excluding steroid dienone is 1. The van der Waals surface area contributed by atoms with Gasteiger partial charge < -0.3 is 15.3 Å². The molecule has 0 radical (unpaired) electrons. The number of aldehydes is 1. The number of benzene rings is 1. The fourth-order valence-corrected chi connectivity index (χ4v) is 2.21. The number of nitrogens with two attached hydrogens (primary N) is 1. The first-order chi connectivity index (χ1) is 9.56. The molecule has 0 saturated carbocycles. The van der Waals surface area contributed by atoms with Gasteiger partial charge in [-0.25, -0.2) is 0 Å². The minimum absolute atomic E-state index is 0.552. The summed E-state index contributed by atoms with van der Waals surface area (Å²) < 4.78 is 5.50. The van der Waals surface area contributed by atoms with Crippen LogP contribution < -0.4 is 10.5 Å². The molecule has 1 aromatic rings. The van der Waals surface area contributed by atoms with Crippen LogP contribution in [0.4, 0.5) is 4.79 Å². The van der Waals surface area contributed by atoms with Crippen LogP contribution in [0.15, 0.2) is 30.3 Å². The molecule has 0 heterocycles. The van der Waals surface area contributed by atoms with Gasteiger partial charge in [0.05, 0.1) is 11.9 Å². The first-order valence-electron chi connectivity index (χ1n) is 6.39. The molecule has 0 saturated heterocycles. The molecule has 1 unspecified atom stereocenters. The molecule has 0 aliphatic heterocycles. The van der Waals surface area contributed by atoms with E-state index in [2.05, 4.69) is 6.92 Å². The van der Waals surface area contributed by atoms with Gasteiger partial charge in [-0.05, 0) is 48.4 Å². The molecule has 0 aliphatic rings. The summed E-state index contributed by atoms with van der Waals surface area (Å²) in [5, 5.41) is -1.11. The second kappa shape index (κ2) is 8.43. The Balaban J connectivity index is 2.77. The highest BCUT2D eigenvalue weighted by molar-refractivity contribution is 8.14. The van der Waals surface area contributed by atoms with Crippen molar-refractivity contribution in [2.24, 2.45) is 5.73 Å². The van der Waals surface area contributed by atoms with Crippen LogP contribution in [0.1, 0.15) is 25.8 Å². The Kier molecular flexibility index (Phi) is 6.87. The predicted molar refractivity (Wildman–Crippen MR) is 82.9 cm³/mol. The molecule has 20 heavy (non-hydrogen) atoms. The molecule has 0 aliphatic carbocycles. The number of primary amides is 1. The fourth-order valence-electron chi connectivity index (χ4n) is 1.61. The Hall–Kier alpha value is -1.75. The Morgan fingerprint density at radius 1 is 1.40 bits per heavy atom. The molecule has 0 aromatic heterocycles. The topological polar surface area (TPSA) is 69.4 Å². The number of amides is 1. The van der Waals surface area contributed by atoms with Gasteiger partial charge in [0.25, 0.3) is 5.24 Å². The molecular weight excluding hydrogens is 274 g/mol. The maximum Gasteiger partial charge on any atom is 0.277 e. The summed E-state index contributed by atoms with van der Waals surface area (Å²) in [7, 11) is 0. The second-order valence-corrected chi connectivity index (χ2v) is 5.44. The van der Waals surface area contributed by atoms with Gasteiger partial charge >= 0.3 is 0 Å². The van der Waals surface area contributed by atoms with Crippen molar-refractivity contribution >= 4 is 28.9 Å². The van der Waals surface area contributed by atoms with Gasteiger partial charge in [-0.1, -0.05) is 25.1 Å². The van der Waals surface area contributed by atoms with Gasteiger partial charge in [0.1, 0.15) is 12.0 Å². The van der Waals surface area contributed by atoms with E-state index in [9.17, 15) is 9.59 Å². The lowest BCUT2D eigenvalue weighted by Crippen LogP contribution is -2.11. The van der Waals surface area contributed by atoms with Gasteiger partial charge in [-0.2, -0.15) is 0 Å². The molecule has 2 N–H and O–H groups in total. The van der Waals surface area contributed by atoms with E-state index in [4.69, 9.17) is 10.5 Å². The maximum absolute atomic E-state index is 10.9. The van der Waals surface area contributed by atoms with Crippen LogP contribution in [0.25, 0.3) is 5.57 Å². The van der Waals surface area contributed by atoms with Crippen LogP contribution >= 0.6 is 11.8 Å². The summed E-state index contributed by atoms with van der Waals surface area (Å²) in [6.07, 6.45) is 3.40. The first kappa shape index (κ1) is 16.3. The summed E-state index contributed by atoms with van der Waals surface area (Å²) >= 11 is 0.807. The van der Waals surface area contributed by atoms with Crippen LogP contribution in [0.3, 0.4) is 0 Å². The summed E-state index contributed by atoms with van der Waals surface area (Å²) in [4.78, 5) is 21.7. The summed E-state index contributed by atoms with van der Waals surface area (Å²) in [6.45, 7) is 4.63. The largest absolute Gasteiger partial charge is 0.494 e. The normalized spacial score (nSPS) is 12.8. The molecule has 108 valence electrons. The van der Waals surface area contributed by atoms with Crippen LogP contribution in [0.2, 0.25) is 0 Å². The highest BCUT2D eigenvalue weighted by Gasteiger charge is 2.09. The van der Waals surface area contributed by atoms with Crippen LogP contribution in [0.5, 0.6) is 5.75 Å². The van der Waals surface area contributed by atoms with E-state index in [0.717, 1.165) is 35.1 Å². The number of hydrogen-bond acceptors (Lipinski definition) is 4. The Bertz CT molecular complexity index is 482. The zero-order valence-corrected chi connectivity index (χ0v) is 12.5. The summed E-state index contributed by atoms with van der Waals surface area (Å²) in [6, 6.07) is 7.63. The number of rotatable bonds is 7. The lowest BCUT2D eigenvalue weighted by molar-refractivity contribution is -0.106. The number of hydrogen-bond donors (Lipinski definition) is 1. The molecule has 4 nitrogen and oxygen atoms in total. The zero-order chi connectivity index (χ0) is 15.0. The molecule has 0 fully saturated rings. The first-order valence-corrected chi connectivity index (χ1v) is 7.27. The third-order valence-electron chi connectivity index (χ3n) is 2.58. The third kappa shape index (κ3) is 5.48. The SMILES string of the molecule is CCCOc1ccc(C(C)=CC(C=O)SC(N)=O)cc1. The number of carbonyl (C=O) groups excluding carboxylic acids is 2. The van der Waals surface area contributed by atoms with Crippen molar-refractivity contribution in [3.8, 4) is 5.75 Å². The van der Waals surface area contributed by atoms with Gasteiger partial charge in [-0.15, -0.1) is 0 Å². The van der Waals surface area contributed by atoms with Crippen molar-refractivity contribution in [3.05, 3.63) is 35.9 Å². The maximum atomic E-state index is 10.9. The Morgan fingerprint density at radius 2 is 2.05 bits per heavy atom. The van der Waals surface area contributed by atoms with Crippen molar-refractivity contribution in [1.82, 2.24) is 0 Å². The lowest BCUT2D eigenvalue weighted by Gasteiger charge is -2.08. The minimum atomic E-state index is -0.561. The van der Waals surface area contributed by atoms with E-state index < -0.39 is 10.5 Å². The quantitative estimate of drug-likeness (QED) is 0.783. The van der Waals surface area contributed by atoms with Crippen LogP contribution in [0, 0.1) is 0 Å². The Labute approximate surface area is 123 Å². The van der Waals surface area contributed by atoms with E-state index in [1.54, 1.807) is 6.08 Å².